The first-order valence-corrected chi connectivity index (χ1v) is 9.09. The van der Waals surface area contributed by atoms with Gasteiger partial charge < -0.3 is 10.0 Å². The molecule has 126 valence electrons. The summed E-state index contributed by atoms with van der Waals surface area (Å²) in [5.74, 6) is -1.31. The first-order chi connectivity index (χ1) is 10.7. The van der Waals surface area contributed by atoms with E-state index in [0.717, 1.165) is 6.26 Å². The quantitative estimate of drug-likeness (QED) is 0.868. The van der Waals surface area contributed by atoms with Crippen molar-refractivity contribution in [2.75, 3.05) is 19.3 Å². The fourth-order valence-electron chi connectivity index (χ4n) is 2.81. The van der Waals surface area contributed by atoms with Crippen molar-refractivity contribution >= 4 is 21.9 Å². The van der Waals surface area contributed by atoms with Crippen LogP contribution in [0.2, 0.25) is 0 Å². The molecule has 1 fully saturated rings. The summed E-state index contributed by atoms with van der Waals surface area (Å²) >= 11 is 0. The number of hydrogen-bond acceptors (Lipinski definition) is 4. The zero-order chi connectivity index (χ0) is 17.2. The minimum atomic E-state index is -3.54. The third-order valence-corrected chi connectivity index (χ3v) is 5.21. The maximum absolute atomic E-state index is 12.6. The second kappa shape index (κ2) is 6.67. The molecule has 1 amide bonds. The van der Waals surface area contributed by atoms with Crippen LogP contribution >= 0.6 is 0 Å². The molecule has 2 atom stereocenters. The van der Waals surface area contributed by atoms with Crippen molar-refractivity contribution in [2.45, 2.75) is 25.4 Å². The first-order valence-electron chi connectivity index (χ1n) is 7.24. The summed E-state index contributed by atoms with van der Waals surface area (Å²) in [5, 5.41) is 9.03. The van der Waals surface area contributed by atoms with E-state index in [1.165, 1.54) is 4.31 Å². The Morgan fingerprint density at radius 3 is 2.35 bits per heavy atom. The minimum absolute atomic E-state index is 0.0638. The number of amides is 1. The zero-order valence-corrected chi connectivity index (χ0v) is 13.9. The Morgan fingerprint density at radius 2 is 1.83 bits per heavy atom. The third-order valence-electron chi connectivity index (χ3n) is 3.91. The van der Waals surface area contributed by atoms with Crippen LogP contribution in [-0.2, 0) is 14.8 Å². The van der Waals surface area contributed by atoms with E-state index in [2.05, 4.69) is 0 Å². The van der Waals surface area contributed by atoms with Gasteiger partial charge in [-0.15, -0.1) is 0 Å². The second-order valence-corrected chi connectivity index (χ2v) is 7.69. The average Bonchev–Trinajstić information content (AvgIpc) is 2.47. The van der Waals surface area contributed by atoms with Gasteiger partial charge in [0.2, 0.25) is 10.0 Å². The van der Waals surface area contributed by atoms with Gasteiger partial charge in [0.05, 0.1) is 18.7 Å². The van der Waals surface area contributed by atoms with Crippen LogP contribution in [0.3, 0.4) is 0 Å². The molecule has 1 heterocycles. The van der Waals surface area contributed by atoms with Gasteiger partial charge in [0.1, 0.15) is 0 Å². The number of piperazine rings is 1. The molecule has 23 heavy (non-hydrogen) atoms. The predicted molar refractivity (Wildman–Crippen MR) is 84.5 cm³/mol. The fraction of sp³-hybridized carbons (Fsp3) is 0.467. The lowest BCUT2D eigenvalue weighted by molar-refractivity contribution is -0.138. The van der Waals surface area contributed by atoms with Crippen LogP contribution in [0.4, 0.5) is 0 Å². The van der Waals surface area contributed by atoms with E-state index >= 15 is 0 Å². The Labute approximate surface area is 135 Å². The number of nitrogens with zero attached hydrogens (tertiary/aromatic N) is 2. The molecule has 1 aromatic carbocycles. The van der Waals surface area contributed by atoms with Crippen LogP contribution in [0, 0.1) is 0 Å². The second-order valence-electron chi connectivity index (χ2n) is 5.76. The van der Waals surface area contributed by atoms with E-state index < -0.39 is 22.0 Å². The lowest BCUT2D eigenvalue weighted by Gasteiger charge is -2.43. The summed E-state index contributed by atoms with van der Waals surface area (Å²) < 4.78 is 25.0. The van der Waals surface area contributed by atoms with Gasteiger partial charge in [0.25, 0.3) is 5.91 Å². The molecule has 0 spiro atoms. The highest BCUT2D eigenvalue weighted by Crippen LogP contribution is 2.22. The van der Waals surface area contributed by atoms with Gasteiger partial charge in [-0.3, -0.25) is 9.59 Å². The Morgan fingerprint density at radius 1 is 1.22 bits per heavy atom. The van der Waals surface area contributed by atoms with Gasteiger partial charge in [-0.1, -0.05) is 18.2 Å². The smallest absolute Gasteiger partial charge is 0.305 e. The molecule has 8 heteroatoms. The number of sulfonamides is 1. The molecular weight excluding hydrogens is 320 g/mol. The summed E-state index contributed by atoms with van der Waals surface area (Å²) in [6, 6.07) is 7.58. The SMILES string of the molecule is C[C@H]1CN(S(C)(=O)=O)[C@@H](CC(=O)O)CN1C(=O)c1ccccc1. The summed E-state index contributed by atoms with van der Waals surface area (Å²) in [6.07, 6.45) is 0.724. The molecule has 0 aliphatic carbocycles. The molecule has 0 unspecified atom stereocenters. The molecule has 1 N–H and O–H groups in total. The predicted octanol–water partition coefficient (Wildman–Crippen LogP) is 0.636. The van der Waals surface area contributed by atoms with Gasteiger partial charge in [-0.2, -0.15) is 4.31 Å². The highest BCUT2D eigenvalue weighted by molar-refractivity contribution is 7.88. The Kier molecular flexibility index (Phi) is 5.06. The van der Waals surface area contributed by atoms with Gasteiger partial charge in [0, 0.05) is 24.7 Å². The van der Waals surface area contributed by atoms with E-state index in [1.54, 1.807) is 42.2 Å². The number of carbonyl (C=O) groups excluding carboxylic acids is 1. The van der Waals surface area contributed by atoms with Crippen LogP contribution in [0.5, 0.6) is 0 Å². The highest BCUT2D eigenvalue weighted by atomic mass is 32.2. The molecule has 1 saturated heterocycles. The monoisotopic (exact) mass is 340 g/mol. The molecule has 1 aliphatic rings. The molecule has 0 aromatic heterocycles. The van der Waals surface area contributed by atoms with Crippen LogP contribution in [0.1, 0.15) is 23.7 Å². The van der Waals surface area contributed by atoms with Crippen LogP contribution < -0.4 is 0 Å². The van der Waals surface area contributed by atoms with E-state index in [-0.39, 0.29) is 31.5 Å². The van der Waals surface area contributed by atoms with E-state index in [4.69, 9.17) is 5.11 Å². The maximum Gasteiger partial charge on any atom is 0.305 e. The standard InChI is InChI=1S/C15H20N2O5S/c1-11-9-17(23(2,21)22)13(8-14(18)19)10-16(11)15(20)12-6-4-3-5-7-12/h3-7,11,13H,8-10H2,1-2H3,(H,18,19)/t11-,13-/m0/s1. The molecule has 1 aromatic rings. The van der Waals surface area contributed by atoms with Gasteiger partial charge in [-0.05, 0) is 19.1 Å². The molecule has 1 aliphatic heterocycles. The lowest BCUT2D eigenvalue weighted by Crippen LogP contribution is -2.60. The normalized spacial score (nSPS) is 22.8. The first kappa shape index (κ1) is 17.4. The number of carbonyl (C=O) groups is 2. The van der Waals surface area contributed by atoms with Gasteiger partial charge in [-0.25, -0.2) is 8.42 Å². The summed E-state index contributed by atoms with van der Waals surface area (Å²) in [4.78, 5) is 25.2. The van der Waals surface area contributed by atoms with E-state index in [1.807, 2.05) is 0 Å². The number of hydrogen-bond donors (Lipinski definition) is 1. The minimum Gasteiger partial charge on any atom is -0.481 e. The number of aliphatic carboxylic acids is 1. The van der Waals surface area contributed by atoms with Crippen molar-refractivity contribution in [1.82, 2.24) is 9.21 Å². The third kappa shape index (κ3) is 4.08. The van der Waals surface area contributed by atoms with Crippen LogP contribution in [0.15, 0.2) is 30.3 Å². The number of rotatable bonds is 4. The summed E-state index contributed by atoms with van der Waals surface area (Å²) in [7, 11) is -3.54. The molecule has 0 bridgehead atoms. The number of benzene rings is 1. The molecule has 0 radical (unpaired) electrons. The highest BCUT2D eigenvalue weighted by Gasteiger charge is 2.39. The maximum atomic E-state index is 12.6. The van der Waals surface area contributed by atoms with Gasteiger partial charge >= 0.3 is 5.97 Å². The molecule has 7 nitrogen and oxygen atoms in total. The number of carboxylic acid groups (broad SMARTS) is 1. The Balaban J connectivity index is 2.27. The Bertz CT molecular complexity index is 689. The van der Waals surface area contributed by atoms with Crippen molar-refractivity contribution in [3.63, 3.8) is 0 Å². The van der Waals surface area contributed by atoms with Gasteiger partial charge in [0.15, 0.2) is 0 Å². The van der Waals surface area contributed by atoms with Crippen molar-refractivity contribution in [1.29, 1.82) is 0 Å². The van der Waals surface area contributed by atoms with Crippen LogP contribution in [0.25, 0.3) is 0 Å². The zero-order valence-electron chi connectivity index (χ0n) is 13.0. The van der Waals surface area contributed by atoms with E-state index in [9.17, 15) is 18.0 Å². The summed E-state index contributed by atoms with van der Waals surface area (Å²) in [5.41, 5.74) is 0.501. The average molecular weight is 340 g/mol. The lowest BCUT2D eigenvalue weighted by atomic mass is 10.1. The number of carboxylic acids is 1. The Hall–Kier alpha value is -1.93. The molecule has 2 rings (SSSR count). The van der Waals surface area contributed by atoms with Crippen molar-refractivity contribution in [3.05, 3.63) is 35.9 Å². The molecular formula is C15H20N2O5S. The van der Waals surface area contributed by atoms with Crippen molar-refractivity contribution < 1.29 is 23.1 Å². The van der Waals surface area contributed by atoms with E-state index in [0.29, 0.717) is 5.56 Å². The molecule has 0 saturated carbocycles. The topological polar surface area (TPSA) is 95.0 Å². The van der Waals surface area contributed by atoms with Crippen LogP contribution in [-0.4, -0.2) is 66.0 Å². The largest absolute Gasteiger partial charge is 0.481 e. The van der Waals surface area contributed by atoms with Crippen molar-refractivity contribution in [3.8, 4) is 0 Å². The fourth-order valence-corrected chi connectivity index (χ4v) is 3.98. The van der Waals surface area contributed by atoms with Crippen molar-refractivity contribution in [2.24, 2.45) is 0 Å². The summed E-state index contributed by atoms with van der Waals surface area (Å²) in [6.45, 7) is 1.92.